The number of hydrogen-bond acceptors (Lipinski definition) is 2. The summed E-state index contributed by atoms with van der Waals surface area (Å²) in [7, 11) is 0. The summed E-state index contributed by atoms with van der Waals surface area (Å²) in [6.45, 7) is 3.02. The Morgan fingerprint density at radius 1 is 0.514 bits per heavy atom. The highest BCUT2D eigenvalue weighted by Gasteiger charge is 2.62. The van der Waals surface area contributed by atoms with Crippen LogP contribution in [-0.2, 0) is 9.47 Å². The molecule has 0 saturated heterocycles. The molecule has 17 heteroatoms. The van der Waals surface area contributed by atoms with Gasteiger partial charge in [-0.15, -0.1) is 0 Å². The minimum atomic E-state index is -2.00. The lowest BCUT2D eigenvalue weighted by molar-refractivity contribution is -0.226. The van der Waals surface area contributed by atoms with Crippen molar-refractivity contribution in [3.8, 4) is 0 Å². The second-order valence-electron chi connectivity index (χ2n) is 8.79. The Morgan fingerprint density at radius 3 is 1.16 bits per heavy atom. The lowest BCUT2D eigenvalue weighted by Gasteiger charge is -2.54. The molecule has 2 unspecified atom stereocenters. The maximum atomic E-state index is 6.36. The van der Waals surface area contributed by atoms with Crippen molar-refractivity contribution in [1.82, 2.24) is 0 Å². The quantitative estimate of drug-likeness (QED) is 0.162. The zero-order chi connectivity index (χ0) is 29.6. The minimum absolute atomic E-state index is 0.0239. The third-order valence-corrected chi connectivity index (χ3v) is 7.33. The van der Waals surface area contributed by atoms with Gasteiger partial charge in [0.05, 0.1) is 13.2 Å². The van der Waals surface area contributed by atoms with E-state index in [2.05, 4.69) is 6.92 Å². The van der Waals surface area contributed by atoms with Crippen LogP contribution in [0.15, 0.2) is 0 Å². The van der Waals surface area contributed by atoms with Crippen molar-refractivity contribution in [2.45, 2.75) is 95.4 Å². The summed E-state index contributed by atoms with van der Waals surface area (Å²) in [6.07, 6.45) is 2.22. The van der Waals surface area contributed by atoms with Crippen LogP contribution in [-0.4, -0.2) is 43.4 Å². The fraction of sp³-hybridized carbons (Fsp3) is 1.00. The van der Waals surface area contributed by atoms with Crippen molar-refractivity contribution in [3.63, 3.8) is 0 Å². The van der Waals surface area contributed by atoms with Gasteiger partial charge in [0.25, 0.3) is 0 Å². The van der Waals surface area contributed by atoms with E-state index in [0.29, 0.717) is 6.42 Å². The molecule has 0 aromatic heterocycles. The van der Waals surface area contributed by atoms with Crippen molar-refractivity contribution in [2.75, 3.05) is 13.2 Å². The number of rotatable bonds is 14. The summed E-state index contributed by atoms with van der Waals surface area (Å²) in [5.41, 5.74) is -3.55. The molecular formula is C20H27Cl15O2. The molecule has 0 spiro atoms. The average molecular weight is 831 g/mol. The SMILES string of the molecule is CCCCC(CC)CC(CC(Cl)(Cl)Cl)(OCC(Cl)(Cl)Cl)C(CC(Cl)(Cl)Cl)(CC(Cl)(Cl)Cl)OCC(Cl)(Cl)Cl. The van der Waals surface area contributed by atoms with Gasteiger partial charge >= 0.3 is 0 Å². The van der Waals surface area contributed by atoms with Crippen molar-refractivity contribution in [3.05, 3.63) is 0 Å². The summed E-state index contributed by atoms with van der Waals surface area (Å²) in [6, 6.07) is 0. The maximum absolute atomic E-state index is 6.36. The van der Waals surface area contributed by atoms with Crippen LogP contribution in [0.25, 0.3) is 0 Å². The van der Waals surface area contributed by atoms with Gasteiger partial charge in [0.2, 0.25) is 7.59 Å². The topological polar surface area (TPSA) is 18.5 Å². The molecule has 0 heterocycles. The van der Waals surface area contributed by atoms with Crippen LogP contribution >= 0.6 is 174 Å². The van der Waals surface area contributed by atoms with E-state index in [1.807, 2.05) is 6.92 Å². The molecule has 0 saturated carbocycles. The fourth-order valence-corrected chi connectivity index (χ4v) is 6.37. The molecule has 0 aliphatic rings. The van der Waals surface area contributed by atoms with Crippen LogP contribution in [0.1, 0.15) is 65.2 Å². The third kappa shape index (κ3) is 18.6. The third-order valence-electron chi connectivity index (χ3n) is 5.47. The van der Waals surface area contributed by atoms with Gasteiger partial charge in [0.1, 0.15) is 11.2 Å². The monoisotopic (exact) mass is 824 g/mol. The van der Waals surface area contributed by atoms with Crippen LogP contribution in [0.2, 0.25) is 0 Å². The summed E-state index contributed by atoms with van der Waals surface area (Å²) >= 11 is 93.3. The van der Waals surface area contributed by atoms with Gasteiger partial charge in [0, 0.05) is 19.3 Å². The van der Waals surface area contributed by atoms with Gasteiger partial charge in [-0.1, -0.05) is 214 Å². The lowest BCUT2D eigenvalue weighted by atomic mass is 9.70. The Morgan fingerprint density at radius 2 is 0.865 bits per heavy atom. The Bertz CT molecular complexity index is 645. The number of hydrogen-bond donors (Lipinski definition) is 0. The molecule has 0 aliphatic carbocycles. The Labute approximate surface area is 294 Å². The van der Waals surface area contributed by atoms with Gasteiger partial charge in [-0.25, -0.2) is 0 Å². The van der Waals surface area contributed by atoms with E-state index in [1.165, 1.54) is 0 Å². The lowest BCUT2D eigenvalue weighted by Crippen LogP contribution is -2.63. The predicted molar refractivity (Wildman–Crippen MR) is 171 cm³/mol. The predicted octanol–water partition coefficient (Wildman–Crippen LogP) is 13.1. The van der Waals surface area contributed by atoms with Crippen LogP contribution in [0.3, 0.4) is 0 Å². The molecule has 37 heavy (non-hydrogen) atoms. The van der Waals surface area contributed by atoms with Gasteiger partial charge in [-0.3, -0.25) is 0 Å². The molecule has 224 valence electrons. The number of ether oxygens (including phenoxy) is 2. The molecule has 2 nitrogen and oxygen atoms in total. The normalized spacial score (nSPS) is 17.1. The molecule has 0 amide bonds. The van der Waals surface area contributed by atoms with Gasteiger partial charge in [0.15, 0.2) is 11.4 Å². The molecule has 0 aliphatic heterocycles. The van der Waals surface area contributed by atoms with Crippen LogP contribution in [0.5, 0.6) is 0 Å². The number of halogens is 15. The zero-order valence-electron chi connectivity index (χ0n) is 19.6. The fourth-order valence-electron chi connectivity index (χ4n) is 4.10. The summed E-state index contributed by atoms with van der Waals surface area (Å²) in [5.74, 6) is -0.0239. The van der Waals surface area contributed by atoms with E-state index < -0.39 is 56.2 Å². The number of unbranched alkanes of at least 4 members (excludes halogenated alkanes) is 1. The van der Waals surface area contributed by atoms with Gasteiger partial charge in [-0.05, 0) is 12.3 Å². The van der Waals surface area contributed by atoms with E-state index in [1.54, 1.807) is 0 Å². The Balaban J connectivity index is 7.46. The number of alkyl halides is 15. The zero-order valence-corrected chi connectivity index (χ0v) is 31.0. The van der Waals surface area contributed by atoms with E-state index in [0.717, 1.165) is 19.3 Å². The smallest absolute Gasteiger partial charge is 0.213 e. The van der Waals surface area contributed by atoms with Gasteiger partial charge < -0.3 is 9.47 Å². The molecule has 0 N–H and O–H groups in total. The first-order valence-corrected chi connectivity index (χ1v) is 16.6. The second kappa shape index (κ2) is 16.5. The molecule has 0 fully saturated rings. The van der Waals surface area contributed by atoms with Gasteiger partial charge in [-0.2, -0.15) is 0 Å². The van der Waals surface area contributed by atoms with E-state index in [4.69, 9.17) is 183 Å². The first kappa shape index (κ1) is 41.3. The van der Waals surface area contributed by atoms with Crippen molar-refractivity contribution < 1.29 is 9.47 Å². The molecule has 0 radical (unpaired) electrons. The van der Waals surface area contributed by atoms with E-state index >= 15 is 0 Å². The molecule has 0 aromatic carbocycles. The van der Waals surface area contributed by atoms with E-state index in [9.17, 15) is 0 Å². The van der Waals surface area contributed by atoms with Crippen molar-refractivity contribution >= 4 is 174 Å². The molecular weight excluding hydrogens is 804 g/mol. The van der Waals surface area contributed by atoms with Crippen molar-refractivity contribution in [2.24, 2.45) is 5.92 Å². The maximum Gasteiger partial charge on any atom is 0.213 e. The van der Waals surface area contributed by atoms with Crippen LogP contribution in [0.4, 0.5) is 0 Å². The molecule has 0 bridgehead atoms. The summed E-state index contributed by atoms with van der Waals surface area (Å²) in [5, 5.41) is 0. The molecule has 0 aromatic rings. The van der Waals surface area contributed by atoms with Crippen LogP contribution in [0, 0.1) is 5.92 Å². The average Bonchev–Trinajstić information content (AvgIpc) is 2.62. The molecule has 0 rings (SSSR count). The highest BCUT2D eigenvalue weighted by atomic mass is 35.6. The van der Waals surface area contributed by atoms with E-state index in [-0.39, 0.29) is 18.8 Å². The van der Waals surface area contributed by atoms with Crippen molar-refractivity contribution in [1.29, 1.82) is 0 Å². The largest absolute Gasteiger partial charge is 0.367 e. The summed E-state index contributed by atoms with van der Waals surface area (Å²) in [4.78, 5) is 0. The first-order chi connectivity index (χ1) is 16.3. The standard InChI is InChI=1S/C20H27Cl15O2/c1-3-5-6-13(4-2)7-14(8-16(21,22)23,36-11-19(30,31)32)15(9-17(24,25)26,10-18(27,28)29)37-12-20(33,34)35/h13H,3-12H2,1-2H3. The molecule has 2 atom stereocenters. The summed E-state index contributed by atoms with van der Waals surface area (Å²) < 4.78 is 2.80. The minimum Gasteiger partial charge on any atom is -0.367 e. The Hall–Kier alpha value is 4.27. The Kier molecular flexibility index (Phi) is 18.5. The second-order valence-corrected chi connectivity index (χ2v) is 21.4. The van der Waals surface area contributed by atoms with Crippen LogP contribution < -0.4 is 0 Å². The highest BCUT2D eigenvalue weighted by Crippen LogP contribution is 2.57. The first-order valence-electron chi connectivity index (χ1n) is 10.9. The highest BCUT2D eigenvalue weighted by molar-refractivity contribution is 6.69.